The van der Waals surface area contributed by atoms with Crippen molar-refractivity contribution in [1.82, 2.24) is 4.72 Å². The monoisotopic (exact) mass is 335 g/mol. The second-order valence-corrected chi connectivity index (χ2v) is 5.97. The maximum atomic E-state index is 12.7. The predicted octanol–water partition coefficient (Wildman–Crippen LogP) is 2.01. The fourth-order valence-corrected chi connectivity index (χ4v) is 2.46. The summed E-state index contributed by atoms with van der Waals surface area (Å²) in [6, 6.07) is 3.11. The van der Waals surface area contributed by atoms with Crippen LogP contribution in [0.1, 0.15) is 5.56 Å². The lowest BCUT2D eigenvalue weighted by atomic mass is 10.2. The summed E-state index contributed by atoms with van der Waals surface area (Å²) in [6.07, 6.45) is -3.98. The highest BCUT2D eigenvalue weighted by Gasteiger charge is 2.41. The van der Waals surface area contributed by atoms with Gasteiger partial charge in [0.05, 0.1) is 18.0 Å². The smallest absolute Gasteiger partial charge is 0.320 e. The van der Waals surface area contributed by atoms with Gasteiger partial charge in [-0.3, -0.25) is 0 Å². The molecule has 0 radical (unpaired) electrons. The minimum Gasteiger partial charge on any atom is -0.392 e. The van der Waals surface area contributed by atoms with Gasteiger partial charge in [0.25, 0.3) is 0 Å². The van der Waals surface area contributed by atoms with Crippen LogP contribution < -0.4 is 4.72 Å². The van der Waals surface area contributed by atoms with E-state index in [4.69, 9.17) is 16.7 Å². The Labute approximate surface area is 117 Å². The quantitative estimate of drug-likeness (QED) is 0.782. The topological polar surface area (TPSA) is 66.4 Å². The maximum Gasteiger partial charge on any atom is 0.320 e. The summed E-state index contributed by atoms with van der Waals surface area (Å²) in [4.78, 5) is -0.462. The SMILES string of the molecule is O=S(=O)(NCC(F)(F)C(F)F)c1ccc(Cl)c(CO)c1. The molecule has 0 aliphatic carbocycles. The van der Waals surface area contributed by atoms with Crippen molar-refractivity contribution in [2.45, 2.75) is 23.9 Å². The number of alkyl halides is 4. The Bertz CT molecular complexity index is 580. The van der Waals surface area contributed by atoms with Crippen molar-refractivity contribution in [2.24, 2.45) is 0 Å². The second-order valence-electron chi connectivity index (χ2n) is 3.80. The Balaban J connectivity index is 2.95. The molecule has 0 saturated carbocycles. The summed E-state index contributed by atoms with van der Waals surface area (Å²) in [5, 5.41) is 9.01. The largest absolute Gasteiger partial charge is 0.392 e. The van der Waals surface area contributed by atoms with Crippen molar-refractivity contribution in [3.05, 3.63) is 28.8 Å². The molecule has 10 heteroatoms. The zero-order valence-electron chi connectivity index (χ0n) is 9.79. The van der Waals surface area contributed by atoms with Crippen LogP contribution in [0, 0.1) is 0 Å². The Morgan fingerprint density at radius 3 is 2.45 bits per heavy atom. The molecule has 0 aliphatic rings. The van der Waals surface area contributed by atoms with Gasteiger partial charge in [0.2, 0.25) is 10.0 Å². The predicted molar refractivity (Wildman–Crippen MR) is 63.5 cm³/mol. The van der Waals surface area contributed by atoms with Crippen molar-refractivity contribution in [1.29, 1.82) is 0 Å². The molecule has 0 heterocycles. The molecule has 0 aliphatic heterocycles. The van der Waals surface area contributed by atoms with E-state index in [9.17, 15) is 26.0 Å². The van der Waals surface area contributed by atoms with Gasteiger partial charge in [-0.2, -0.15) is 8.78 Å². The van der Waals surface area contributed by atoms with Gasteiger partial charge in [-0.25, -0.2) is 21.9 Å². The summed E-state index contributed by atoms with van der Waals surface area (Å²) in [5.41, 5.74) is 0.0650. The first kappa shape index (κ1) is 17.2. The van der Waals surface area contributed by atoms with E-state index < -0.39 is 40.4 Å². The third kappa shape index (κ3) is 4.05. The van der Waals surface area contributed by atoms with Crippen molar-refractivity contribution < 1.29 is 31.1 Å². The highest BCUT2D eigenvalue weighted by atomic mass is 35.5. The third-order valence-corrected chi connectivity index (χ3v) is 4.08. The van der Waals surface area contributed by atoms with E-state index in [0.29, 0.717) is 0 Å². The summed E-state index contributed by atoms with van der Waals surface area (Å²) >= 11 is 5.64. The van der Waals surface area contributed by atoms with E-state index in [1.165, 1.54) is 4.72 Å². The first-order chi connectivity index (χ1) is 9.10. The number of sulfonamides is 1. The number of nitrogens with one attached hydrogen (secondary N) is 1. The van der Waals surface area contributed by atoms with E-state index in [1.54, 1.807) is 0 Å². The Morgan fingerprint density at radius 2 is 1.95 bits per heavy atom. The maximum absolute atomic E-state index is 12.7. The third-order valence-electron chi connectivity index (χ3n) is 2.31. The molecule has 0 atom stereocenters. The van der Waals surface area contributed by atoms with E-state index in [-0.39, 0.29) is 10.6 Å². The van der Waals surface area contributed by atoms with E-state index in [2.05, 4.69) is 0 Å². The van der Waals surface area contributed by atoms with Crippen LogP contribution in [0.25, 0.3) is 0 Å². The normalized spacial score (nSPS) is 12.9. The molecule has 0 bridgehead atoms. The summed E-state index contributed by atoms with van der Waals surface area (Å²) in [6.45, 7) is -2.29. The van der Waals surface area contributed by atoms with Crippen LogP contribution in [0.4, 0.5) is 17.6 Å². The number of aliphatic hydroxyl groups is 1. The number of halogens is 5. The fourth-order valence-electron chi connectivity index (χ4n) is 1.19. The lowest BCUT2D eigenvalue weighted by Gasteiger charge is -2.16. The molecule has 0 unspecified atom stereocenters. The number of benzene rings is 1. The highest BCUT2D eigenvalue weighted by Crippen LogP contribution is 2.24. The van der Waals surface area contributed by atoms with Crippen molar-refractivity contribution in [2.75, 3.05) is 6.54 Å². The summed E-state index contributed by atoms with van der Waals surface area (Å²) in [5.74, 6) is -4.47. The molecule has 4 nitrogen and oxygen atoms in total. The first-order valence-corrected chi connectivity index (χ1v) is 7.01. The Kier molecular flexibility index (Phi) is 5.36. The van der Waals surface area contributed by atoms with Gasteiger partial charge in [0.1, 0.15) is 0 Å². The average Bonchev–Trinajstić information content (AvgIpc) is 2.37. The Morgan fingerprint density at radius 1 is 1.35 bits per heavy atom. The van der Waals surface area contributed by atoms with Gasteiger partial charge in [-0.05, 0) is 23.8 Å². The standard InChI is InChI=1S/C10H10ClF4NO3S/c11-8-2-1-7(3-6(8)4-17)20(18,19)16-5-10(14,15)9(12)13/h1-3,9,16-17H,4-5H2. The van der Waals surface area contributed by atoms with Crippen LogP contribution >= 0.6 is 11.6 Å². The van der Waals surface area contributed by atoms with Crippen LogP contribution in [-0.4, -0.2) is 32.4 Å². The minimum absolute atomic E-state index is 0.0650. The molecule has 1 aromatic carbocycles. The number of aliphatic hydroxyl groups excluding tert-OH is 1. The molecule has 0 fully saturated rings. The molecule has 0 saturated heterocycles. The molecule has 1 aromatic rings. The molecular weight excluding hydrogens is 326 g/mol. The van der Waals surface area contributed by atoms with E-state index in [1.807, 2.05) is 0 Å². The van der Waals surface area contributed by atoms with E-state index >= 15 is 0 Å². The molecule has 0 spiro atoms. The molecule has 114 valence electrons. The molecule has 0 amide bonds. The lowest BCUT2D eigenvalue weighted by Crippen LogP contribution is -2.41. The van der Waals surface area contributed by atoms with Crippen LogP contribution in [0.3, 0.4) is 0 Å². The molecular formula is C10H10ClF4NO3S. The van der Waals surface area contributed by atoms with Gasteiger partial charge in [0.15, 0.2) is 0 Å². The summed E-state index contributed by atoms with van der Waals surface area (Å²) in [7, 11) is -4.41. The second kappa shape index (κ2) is 6.25. The zero-order valence-corrected chi connectivity index (χ0v) is 11.4. The fraction of sp³-hybridized carbons (Fsp3) is 0.400. The van der Waals surface area contributed by atoms with Gasteiger partial charge >= 0.3 is 12.3 Å². The van der Waals surface area contributed by atoms with Crippen molar-refractivity contribution >= 4 is 21.6 Å². The van der Waals surface area contributed by atoms with Crippen LogP contribution in [0.15, 0.2) is 23.1 Å². The molecule has 20 heavy (non-hydrogen) atoms. The number of hydrogen-bond donors (Lipinski definition) is 2. The van der Waals surface area contributed by atoms with Crippen molar-refractivity contribution in [3.8, 4) is 0 Å². The van der Waals surface area contributed by atoms with Crippen LogP contribution in [-0.2, 0) is 16.6 Å². The average molecular weight is 336 g/mol. The Hall–Kier alpha value is -0.900. The van der Waals surface area contributed by atoms with Gasteiger partial charge in [-0.15, -0.1) is 0 Å². The van der Waals surface area contributed by atoms with Gasteiger partial charge < -0.3 is 5.11 Å². The van der Waals surface area contributed by atoms with E-state index in [0.717, 1.165) is 18.2 Å². The van der Waals surface area contributed by atoms with Crippen molar-refractivity contribution in [3.63, 3.8) is 0 Å². The summed E-state index contributed by atoms with van der Waals surface area (Å²) < 4.78 is 73.9. The highest BCUT2D eigenvalue weighted by molar-refractivity contribution is 7.89. The van der Waals surface area contributed by atoms with Crippen LogP contribution in [0.2, 0.25) is 5.02 Å². The number of hydrogen-bond acceptors (Lipinski definition) is 3. The van der Waals surface area contributed by atoms with Crippen LogP contribution in [0.5, 0.6) is 0 Å². The zero-order chi connectivity index (χ0) is 15.6. The van der Waals surface area contributed by atoms with Gasteiger partial charge in [0, 0.05) is 5.02 Å². The first-order valence-electron chi connectivity index (χ1n) is 5.15. The number of rotatable bonds is 6. The lowest BCUT2D eigenvalue weighted by molar-refractivity contribution is -0.122. The van der Waals surface area contributed by atoms with Gasteiger partial charge in [-0.1, -0.05) is 11.6 Å². The minimum atomic E-state index is -4.47. The molecule has 2 N–H and O–H groups in total. The molecule has 1 rings (SSSR count). The molecule has 0 aromatic heterocycles.